The van der Waals surface area contributed by atoms with Crippen LogP contribution in [0.15, 0.2) is 12.4 Å². The van der Waals surface area contributed by atoms with Gasteiger partial charge in [-0.25, -0.2) is 4.79 Å². The number of amides is 1. The number of carbonyl (C=O) groups excluding carboxylic acids is 1. The van der Waals surface area contributed by atoms with Gasteiger partial charge in [0.1, 0.15) is 22.9 Å². The topological polar surface area (TPSA) is 93.4 Å². The quantitative estimate of drug-likeness (QED) is 0.659. The van der Waals surface area contributed by atoms with Crippen molar-refractivity contribution in [2.45, 2.75) is 26.4 Å². The van der Waals surface area contributed by atoms with Gasteiger partial charge in [0.2, 0.25) is 0 Å². The maximum Gasteiger partial charge on any atom is 0.407 e. The lowest BCUT2D eigenvalue weighted by Gasteiger charge is -2.19. The van der Waals surface area contributed by atoms with Gasteiger partial charge in [-0.1, -0.05) is 11.6 Å². The molecule has 0 spiro atoms. The van der Waals surface area contributed by atoms with Crippen molar-refractivity contribution in [3.05, 3.63) is 17.5 Å². The van der Waals surface area contributed by atoms with Gasteiger partial charge in [-0.2, -0.15) is 19.6 Å². The number of nitrogens with zero attached hydrogens (tertiary/aromatic N) is 4. The highest BCUT2D eigenvalue weighted by atomic mass is 35.5. The predicted molar refractivity (Wildman–Crippen MR) is 78.5 cm³/mol. The second kappa shape index (κ2) is 6.13. The van der Waals surface area contributed by atoms with Crippen LogP contribution in [0, 0.1) is 0 Å². The van der Waals surface area contributed by atoms with E-state index in [1.165, 1.54) is 10.8 Å². The molecular weight excluding hydrogens is 296 g/mol. The summed E-state index contributed by atoms with van der Waals surface area (Å²) in [5.74, 6) is 1.05. The van der Waals surface area contributed by atoms with Gasteiger partial charge < -0.3 is 15.4 Å². The van der Waals surface area contributed by atoms with Gasteiger partial charge in [0.25, 0.3) is 5.78 Å². The fourth-order valence-electron chi connectivity index (χ4n) is 1.58. The Balaban J connectivity index is 1.85. The lowest BCUT2D eigenvalue weighted by Crippen LogP contribution is -2.35. The normalized spacial score (nSPS) is 11.4. The molecule has 2 aromatic heterocycles. The molecule has 8 nitrogen and oxygen atoms in total. The molecule has 0 fully saturated rings. The van der Waals surface area contributed by atoms with E-state index < -0.39 is 11.7 Å². The van der Waals surface area contributed by atoms with Crippen LogP contribution in [0.4, 0.5) is 10.6 Å². The van der Waals surface area contributed by atoms with Gasteiger partial charge in [-0.3, -0.25) is 0 Å². The van der Waals surface area contributed by atoms with E-state index in [0.717, 1.165) is 0 Å². The van der Waals surface area contributed by atoms with E-state index in [4.69, 9.17) is 16.3 Å². The van der Waals surface area contributed by atoms with Crippen molar-refractivity contribution in [2.24, 2.45) is 0 Å². The number of hydrogen-bond donors (Lipinski definition) is 2. The van der Waals surface area contributed by atoms with Gasteiger partial charge in [0.05, 0.1) is 0 Å². The van der Waals surface area contributed by atoms with Crippen molar-refractivity contribution in [3.63, 3.8) is 0 Å². The Morgan fingerprint density at radius 1 is 1.43 bits per heavy atom. The molecule has 0 atom stereocenters. The second-order valence-corrected chi connectivity index (χ2v) is 5.68. The van der Waals surface area contributed by atoms with E-state index in [1.807, 2.05) is 20.8 Å². The monoisotopic (exact) mass is 312 g/mol. The van der Waals surface area contributed by atoms with Crippen LogP contribution in [-0.4, -0.2) is 44.4 Å². The second-order valence-electron chi connectivity index (χ2n) is 5.29. The standard InChI is InChI=1S/C12H17ClN6O2/c1-12(2,3)21-11(20)15-5-4-14-9-6-8(13)18-10-16-7-17-19(9)10/h6-7,14H,4-5H2,1-3H3,(H,15,20). The first-order chi connectivity index (χ1) is 9.85. The maximum atomic E-state index is 11.5. The van der Waals surface area contributed by atoms with Crippen LogP contribution in [0.25, 0.3) is 5.78 Å². The van der Waals surface area contributed by atoms with Crippen molar-refractivity contribution < 1.29 is 9.53 Å². The molecule has 0 aliphatic carbocycles. The van der Waals surface area contributed by atoms with Gasteiger partial charge in [-0.15, -0.1) is 0 Å². The minimum absolute atomic E-state index is 0.318. The van der Waals surface area contributed by atoms with Crippen LogP contribution < -0.4 is 10.6 Å². The summed E-state index contributed by atoms with van der Waals surface area (Å²) in [7, 11) is 0. The largest absolute Gasteiger partial charge is 0.444 e. The minimum Gasteiger partial charge on any atom is -0.444 e. The molecule has 0 bridgehead atoms. The van der Waals surface area contributed by atoms with Gasteiger partial charge in [0.15, 0.2) is 0 Å². The van der Waals surface area contributed by atoms with E-state index in [1.54, 1.807) is 6.07 Å². The Bertz CT molecular complexity index is 636. The highest BCUT2D eigenvalue weighted by Crippen LogP contribution is 2.13. The molecule has 9 heteroatoms. The third kappa shape index (κ3) is 4.45. The van der Waals surface area contributed by atoms with E-state index in [0.29, 0.717) is 29.8 Å². The molecule has 0 aromatic carbocycles. The third-order valence-corrected chi connectivity index (χ3v) is 2.51. The van der Waals surface area contributed by atoms with Crippen molar-refractivity contribution in [3.8, 4) is 0 Å². The number of rotatable bonds is 4. The fraction of sp³-hybridized carbons (Fsp3) is 0.500. The summed E-state index contributed by atoms with van der Waals surface area (Å²) in [5, 5.41) is 10.1. The van der Waals surface area contributed by atoms with Crippen molar-refractivity contribution in [1.82, 2.24) is 24.9 Å². The summed E-state index contributed by atoms with van der Waals surface area (Å²) >= 11 is 5.89. The Kier molecular flexibility index (Phi) is 4.46. The zero-order valence-electron chi connectivity index (χ0n) is 12.1. The molecule has 1 amide bonds. The Labute approximate surface area is 126 Å². The average molecular weight is 313 g/mol. The molecule has 0 aliphatic heterocycles. The van der Waals surface area contributed by atoms with Crippen LogP contribution >= 0.6 is 11.6 Å². The summed E-state index contributed by atoms with van der Waals surface area (Å²) in [6.45, 7) is 6.31. The van der Waals surface area contributed by atoms with Crippen LogP contribution in [-0.2, 0) is 4.74 Å². The molecule has 0 radical (unpaired) electrons. The summed E-state index contributed by atoms with van der Waals surface area (Å²) in [6, 6.07) is 1.64. The molecule has 0 unspecified atom stereocenters. The van der Waals surface area contributed by atoms with Gasteiger partial charge >= 0.3 is 6.09 Å². The molecule has 114 valence electrons. The Hall–Kier alpha value is -2.09. The lowest BCUT2D eigenvalue weighted by molar-refractivity contribution is 0.0530. The minimum atomic E-state index is -0.511. The SMILES string of the molecule is CC(C)(C)OC(=O)NCCNc1cc(Cl)nc2ncnn12. The molecule has 2 heterocycles. The number of anilines is 1. The predicted octanol–water partition coefficient (Wildman–Crippen LogP) is 1.71. The highest BCUT2D eigenvalue weighted by molar-refractivity contribution is 6.29. The smallest absolute Gasteiger partial charge is 0.407 e. The molecule has 0 aliphatic rings. The number of fused-ring (bicyclic) bond motifs is 1. The van der Waals surface area contributed by atoms with E-state index in [-0.39, 0.29) is 0 Å². The van der Waals surface area contributed by atoms with Crippen molar-refractivity contribution in [2.75, 3.05) is 18.4 Å². The molecule has 2 rings (SSSR count). The summed E-state index contributed by atoms with van der Waals surface area (Å²) < 4.78 is 6.66. The van der Waals surface area contributed by atoms with Gasteiger partial charge in [-0.05, 0) is 20.8 Å². The number of alkyl carbamates (subject to hydrolysis) is 1. The van der Waals surface area contributed by atoms with E-state index in [9.17, 15) is 4.79 Å². The summed E-state index contributed by atoms with van der Waals surface area (Å²) in [4.78, 5) is 19.5. The van der Waals surface area contributed by atoms with Crippen LogP contribution in [0.2, 0.25) is 5.15 Å². The van der Waals surface area contributed by atoms with E-state index in [2.05, 4.69) is 25.7 Å². The first-order valence-electron chi connectivity index (χ1n) is 6.42. The average Bonchev–Trinajstić information content (AvgIpc) is 2.80. The summed E-state index contributed by atoms with van der Waals surface area (Å²) in [5.41, 5.74) is -0.511. The first kappa shape index (κ1) is 15.3. The Morgan fingerprint density at radius 3 is 2.90 bits per heavy atom. The lowest BCUT2D eigenvalue weighted by atomic mass is 10.2. The van der Waals surface area contributed by atoms with E-state index >= 15 is 0 Å². The molecule has 0 saturated carbocycles. The number of hydrogen-bond acceptors (Lipinski definition) is 6. The highest BCUT2D eigenvalue weighted by Gasteiger charge is 2.15. The molecule has 0 saturated heterocycles. The van der Waals surface area contributed by atoms with Gasteiger partial charge in [0, 0.05) is 19.2 Å². The number of halogens is 1. The number of nitrogens with one attached hydrogen (secondary N) is 2. The zero-order valence-corrected chi connectivity index (χ0v) is 12.8. The van der Waals surface area contributed by atoms with Crippen LogP contribution in [0.5, 0.6) is 0 Å². The molecule has 21 heavy (non-hydrogen) atoms. The fourth-order valence-corrected chi connectivity index (χ4v) is 1.76. The number of ether oxygens (including phenoxy) is 1. The summed E-state index contributed by atoms with van der Waals surface area (Å²) in [6.07, 6.45) is 0.936. The van der Waals surface area contributed by atoms with Crippen LogP contribution in [0.1, 0.15) is 20.8 Å². The molecule has 2 aromatic rings. The molecule has 2 N–H and O–H groups in total. The van der Waals surface area contributed by atoms with Crippen LogP contribution in [0.3, 0.4) is 0 Å². The Morgan fingerprint density at radius 2 is 2.19 bits per heavy atom. The van der Waals surface area contributed by atoms with Crippen molar-refractivity contribution >= 4 is 29.3 Å². The van der Waals surface area contributed by atoms with Crippen molar-refractivity contribution in [1.29, 1.82) is 0 Å². The third-order valence-electron chi connectivity index (χ3n) is 2.32. The number of carbonyl (C=O) groups is 1. The molecular formula is C12H17ClN6O2. The maximum absolute atomic E-state index is 11.5. The zero-order chi connectivity index (χ0) is 15.5. The first-order valence-corrected chi connectivity index (χ1v) is 6.80. The number of aromatic nitrogens is 4.